The Hall–Kier alpha value is -0.170. The van der Waals surface area contributed by atoms with Crippen LogP contribution in [0.25, 0.3) is 0 Å². The van der Waals surface area contributed by atoms with Crippen LogP contribution in [-0.2, 0) is 0 Å². The second-order valence-corrected chi connectivity index (χ2v) is 4.98. The lowest BCUT2D eigenvalue weighted by Gasteiger charge is -2.14. The fourth-order valence-corrected chi connectivity index (χ4v) is 1.98. The van der Waals surface area contributed by atoms with Crippen molar-refractivity contribution in [1.82, 2.24) is 9.69 Å². The van der Waals surface area contributed by atoms with E-state index < -0.39 is 6.10 Å². The van der Waals surface area contributed by atoms with Crippen molar-refractivity contribution in [3.63, 3.8) is 0 Å². The van der Waals surface area contributed by atoms with Crippen molar-refractivity contribution < 1.29 is 9.84 Å². The molecule has 6 heteroatoms. The van der Waals surface area contributed by atoms with Crippen LogP contribution in [0.2, 0.25) is 0 Å². The minimum Gasteiger partial charge on any atom is -0.473 e. The van der Waals surface area contributed by atoms with Crippen LogP contribution in [0.1, 0.15) is 13.8 Å². The Morgan fingerprint density at radius 1 is 1.67 bits per heavy atom. The van der Waals surface area contributed by atoms with E-state index in [1.165, 1.54) is 11.5 Å². The van der Waals surface area contributed by atoms with Gasteiger partial charge in [0.15, 0.2) is 0 Å². The molecule has 0 saturated carbocycles. The molecule has 2 N–H and O–H groups in total. The Morgan fingerprint density at radius 3 is 2.93 bits per heavy atom. The topological polar surface area (TPSA) is 54.4 Å². The largest absolute Gasteiger partial charge is 0.473 e. The molecule has 1 rings (SSSR count). The first-order valence-corrected chi connectivity index (χ1v) is 6.36. The van der Waals surface area contributed by atoms with E-state index in [4.69, 9.17) is 4.74 Å². The van der Waals surface area contributed by atoms with Gasteiger partial charge in [-0.3, -0.25) is 0 Å². The molecule has 0 fully saturated rings. The predicted molar refractivity (Wildman–Crippen MR) is 64.5 cm³/mol. The number of aliphatic hydroxyl groups excluding tert-OH is 1. The highest BCUT2D eigenvalue weighted by Crippen LogP contribution is 2.24. The van der Waals surface area contributed by atoms with Crippen LogP contribution in [0.15, 0.2) is 9.85 Å². The molecular weight excluding hydrogens is 280 g/mol. The van der Waals surface area contributed by atoms with Crippen molar-refractivity contribution in [3.8, 4) is 5.88 Å². The molecule has 4 nitrogen and oxygen atoms in total. The maximum absolute atomic E-state index is 9.56. The molecule has 1 atom stereocenters. The fourth-order valence-electron chi connectivity index (χ4n) is 0.916. The molecule has 0 saturated heterocycles. The summed E-state index contributed by atoms with van der Waals surface area (Å²) in [5.41, 5.74) is 0. The number of hydrogen-bond donors (Lipinski definition) is 2. The lowest BCUT2D eigenvalue weighted by Crippen LogP contribution is -2.35. The fraction of sp³-hybridized carbons (Fsp3) is 0.667. The second kappa shape index (κ2) is 6.42. The van der Waals surface area contributed by atoms with Crippen LogP contribution in [0.4, 0.5) is 0 Å². The van der Waals surface area contributed by atoms with Crippen molar-refractivity contribution in [3.05, 3.63) is 9.85 Å². The second-order valence-electron chi connectivity index (χ2n) is 3.50. The number of nitrogens with zero attached hydrogens (tertiary/aromatic N) is 1. The zero-order valence-corrected chi connectivity index (χ0v) is 11.1. The summed E-state index contributed by atoms with van der Waals surface area (Å²) in [6.07, 6.45) is -0.513. The van der Waals surface area contributed by atoms with E-state index in [2.05, 4.69) is 25.6 Å². The lowest BCUT2D eigenvalue weighted by atomic mass is 10.3. The maximum Gasteiger partial charge on any atom is 0.239 e. The number of ether oxygens (including phenoxy) is 1. The van der Waals surface area contributed by atoms with Crippen molar-refractivity contribution in [2.24, 2.45) is 0 Å². The summed E-state index contributed by atoms with van der Waals surface area (Å²) in [7, 11) is 0. The third-order valence-electron chi connectivity index (χ3n) is 1.67. The van der Waals surface area contributed by atoms with E-state index in [0.717, 1.165) is 4.47 Å². The Bertz CT molecular complexity index is 293. The summed E-state index contributed by atoms with van der Waals surface area (Å²) in [5, 5.41) is 14.5. The van der Waals surface area contributed by atoms with Gasteiger partial charge >= 0.3 is 0 Å². The molecule has 0 amide bonds. The minimum absolute atomic E-state index is 0.252. The van der Waals surface area contributed by atoms with Crippen LogP contribution >= 0.6 is 27.5 Å². The third kappa shape index (κ3) is 4.92. The number of aromatic nitrogens is 1. The molecule has 1 aromatic rings. The Kier molecular flexibility index (Phi) is 5.52. The number of nitrogens with one attached hydrogen (secondary N) is 1. The van der Waals surface area contributed by atoms with Crippen LogP contribution in [0, 0.1) is 0 Å². The van der Waals surface area contributed by atoms with Gasteiger partial charge < -0.3 is 15.2 Å². The van der Waals surface area contributed by atoms with Gasteiger partial charge in [0.1, 0.15) is 12.7 Å². The van der Waals surface area contributed by atoms with Crippen LogP contribution in [0.5, 0.6) is 5.88 Å². The quantitative estimate of drug-likeness (QED) is 0.838. The zero-order chi connectivity index (χ0) is 11.3. The van der Waals surface area contributed by atoms with Gasteiger partial charge in [-0.2, -0.15) is 4.37 Å². The highest BCUT2D eigenvalue weighted by Gasteiger charge is 2.09. The highest BCUT2D eigenvalue weighted by molar-refractivity contribution is 9.10. The molecule has 86 valence electrons. The van der Waals surface area contributed by atoms with E-state index in [9.17, 15) is 5.11 Å². The molecule has 15 heavy (non-hydrogen) atoms. The van der Waals surface area contributed by atoms with Gasteiger partial charge in [-0.15, -0.1) is 0 Å². The van der Waals surface area contributed by atoms with Gasteiger partial charge in [-0.25, -0.2) is 0 Å². The molecule has 1 aromatic heterocycles. The summed E-state index contributed by atoms with van der Waals surface area (Å²) in [5.74, 6) is 0.545. The molecule has 0 unspecified atom stereocenters. The first kappa shape index (κ1) is 12.9. The number of halogens is 1. The van der Waals surface area contributed by atoms with Gasteiger partial charge in [0.05, 0.1) is 4.47 Å². The zero-order valence-electron chi connectivity index (χ0n) is 8.74. The molecule has 1 heterocycles. The molecule has 0 aliphatic carbocycles. The van der Waals surface area contributed by atoms with Gasteiger partial charge in [0.25, 0.3) is 0 Å². The van der Waals surface area contributed by atoms with E-state index >= 15 is 0 Å². The molecular formula is C9H15BrN2O2S. The van der Waals surface area contributed by atoms with Crippen LogP contribution in [0.3, 0.4) is 0 Å². The molecule has 0 aliphatic rings. The Balaban J connectivity index is 2.22. The van der Waals surface area contributed by atoms with E-state index in [1.54, 1.807) is 0 Å². The van der Waals surface area contributed by atoms with Crippen LogP contribution in [-0.4, -0.2) is 34.8 Å². The molecule has 0 aromatic carbocycles. The lowest BCUT2D eigenvalue weighted by molar-refractivity contribution is 0.102. The molecule has 0 spiro atoms. The van der Waals surface area contributed by atoms with Gasteiger partial charge in [0.2, 0.25) is 5.88 Å². The van der Waals surface area contributed by atoms with Crippen molar-refractivity contribution in [2.45, 2.75) is 26.0 Å². The summed E-state index contributed by atoms with van der Waals surface area (Å²) >= 11 is 4.62. The van der Waals surface area contributed by atoms with E-state index in [-0.39, 0.29) is 6.61 Å². The van der Waals surface area contributed by atoms with E-state index in [0.29, 0.717) is 18.5 Å². The van der Waals surface area contributed by atoms with Crippen LogP contribution < -0.4 is 10.1 Å². The van der Waals surface area contributed by atoms with Crippen molar-refractivity contribution >= 4 is 27.5 Å². The van der Waals surface area contributed by atoms with Gasteiger partial charge in [-0.1, -0.05) is 13.8 Å². The highest BCUT2D eigenvalue weighted by atomic mass is 79.9. The molecule has 0 aliphatic heterocycles. The van der Waals surface area contributed by atoms with Crippen molar-refractivity contribution in [1.29, 1.82) is 0 Å². The number of aliphatic hydroxyl groups is 1. The minimum atomic E-state index is -0.513. The Labute approximate surface area is 102 Å². The summed E-state index contributed by atoms with van der Waals surface area (Å²) in [6, 6.07) is 0.366. The van der Waals surface area contributed by atoms with E-state index in [1.807, 2.05) is 19.2 Å². The average Bonchev–Trinajstić information content (AvgIpc) is 2.58. The average molecular weight is 295 g/mol. The Morgan fingerprint density at radius 2 is 2.40 bits per heavy atom. The summed E-state index contributed by atoms with van der Waals surface area (Å²) in [4.78, 5) is 0. The van der Waals surface area contributed by atoms with Crippen molar-refractivity contribution in [2.75, 3.05) is 13.2 Å². The monoisotopic (exact) mass is 294 g/mol. The number of hydrogen-bond acceptors (Lipinski definition) is 5. The summed E-state index contributed by atoms with van der Waals surface area (Å²) in [6.45, 7) is 4.84. The predicted octanol–water partition coefficient (Wildman–Crippen LogP) is 1.64. The first-order chi connectivity index (χ1) is 7.09. The van der Waals surface area contributed by atoms with Gasteiger partial charge in [-0.05, 0) is 27.5 Å². The maximum atomic E-state index is 9.56. The first-order valence-electron chi connectivity index (χ1n) is 4.73. The molecule has 0 bridgehead atoms. The standard InChI is InChI=1S/C9H15BrN2O2S/c1-6(2)11-3-7(13)4-14-9-8(10)5-15-12-9/h5-7,11,13H,3-4H2,1-2H3/t7-/m0/s1. The SMILES string of the molecule is CC(C)NC[C@H](O)COc1nscc1Br. The molecule has 0 radical (unpaired) electrons. The third-order valence-corrected chi connectivity index (χ3v) is 3.15. The number of rotatable bonds is 6. The smallest absolute Gasteiger partial charge is 0.239 e. The van der Waals surface area contributed by atoms with Gasteiger partial charge in [0, 0.05) is 18.0 Å². The summed E-state index contributed by atoms with van der Waals surface area (Å²) < 4.78 is 10.2. The normalized spacial score (nSPS) is 13.1.